The van der Waals surface area contributed by atoms with Gasteiger partial charge in [-0.3, -0.25) is 9.36 Å². The number of carbonyl (C=O) groups excluding carboxylic acids is 1. The Labute approximate surface area is 212 Å². The Balaban J connectivity index is 1.82. The van der Waals surface area contributed by atoms with Crippen molar-refractivity contribution >= 4 is 11.8 Å². The number of aromatic nitrogens is 3. The van der Waals surface area contributed by atoms with E-state index in [1.807, 2.05) is 0 Å². The van der Waals surface area contributed by atoms with Crippen LogP contribution in [0.4, 0.5) is 5.82 Å². The lowest BCUT2D eigenvalue weighted by atomic mass is 10.1. The molecule has 0 aliphatic carbocycles. The molecular weight excluding hydrogens is 464 g/mol. The summed E-state index contributed by atoms with van der Waals surface area (Å²) >= 11 is 0. The molecule has 1 heterocycles. The van der Waals surface area contributed by atoms with E-state index in [4.69, 9.17) is 14.2 Å². The van der Waals surface area contributed by atoms with Crippen LogP contribution in [0.25, 0.3) is 0 Å². The molecule has 0 radical (unpaired) electrons. The summed E-state index contributed by atoms with van der Waals surface area (Å²) in [6.07, 6.45) is 5.80. The zero-order valence-corrected chi connectivity index (χ0v) is 22.2. The second-order valence-electron chi connectivity index (χ2n) is 9.06. The first-order chi connectivity index (χ1) is 17.2. The van der Waals surface area contributed by atoms with Crippen LogP contribution in [-0.2, 0) is 23.1 Å². The monoisotopic (exact) mass is 504 g/mol. The van der Waals surface area contributed by atoms with Gasteiger partial charge in [-0.05, 0) is 57.9 Å². The van der Waals surface area contributed by atoms with Gasteiger partial charge in [-0.15, -0.1) is 5.10 Å². The summed E-state index contributed by atoms with van der Waals surface area (Å²) in [5, 5.41) is 7.11. The third-order valence-electron chi connectivity index (χ3n) is 5.54. The van der Waals surface area contributed by atoms with Gasteiger partial charge in [0.05, 0.1) is 13.2 Å². The van der Waals surface area contributed by atoms with Crippen LogP contribution in [0.15, 0.2) is 33.9 Å². The fraction of sp³-hybridized carbons (Fsp3) is 0.615. The maximum atomic E-state index is 12.7. The molecule has 1 aromatic carbocycles. The minimum Gasteiger partial charge on any atom is -0.494 e. The molecule has 0 saturated heterocycles. The van der Waals surface area contributed by atoms with E-state index in [0.717, 1.165) is 32.1 Å². The van der Waals surface area contributed by atoms with Gasteiger partial charge in [0.1, 0.15) is 11.5 Å². The topological polar surface area (TPSA) is 114 Å². The Morgan fingerprint density at radius 2 is 1.67 bits per heavy atom. The number of anilines is 1. The third-order valence-corrected chi connectivity index (χ3v) is 5.54. The Hall–Kier alpha value is -3.30. The summed E-state index contributed by atoms with van der Waals surface area (Å²) in [5.74, 6) is 0.923. The number of carbonyl (C=O) groups is 1. The highest BCUT2D eigenvalue weighted by atomic mass is 16.6. The van der Waals surface area contributed by atoms with Gasteiger partial charge in [-0.2, -0.15) is 0 Å². The van der Waals surface area contributed by atoms with E-state index in [1.165, 1.54) is 9.25 Å². The number of hydrogen-bond donors (Lipinski definition) is 1. The highest BCUT2D eigenvalue weighted by molar-refractivity contribution is 5.79. The first-order valence-electron chi connectivity index (χ1n) is 12.7. The summed E-state index contributed by atoms with van der Waals surface area (Å²) < 4.78 is 19.0. The van der Waals surface area contributed by atoms with Crippen molar-refractivity contribution in [2.24, 2.45) is 7.05 Å². The highest BCUT2D eigenvalue weighted by Crippen LogP contribution is 2.23. The lowest BCUT2D eigenvalue weighted by molar-refractivity contribution is -0.158. The quantitative estimate of drug-likeness (QED) is 0.273. The summed E-state index contributed by atoms with van der Waals surface area (Å²) in [4.78, 5) is 37.0. The number of rotatable bonds is 16. The predicted molar refractivity (Wildman–Crippen MR) is 139 cm³/mol. The van der Waals surface area contributed by atoms with E-state index in [1.54, 1.807) is 52.1 Å². The van der Waals surface area contributed by atoms with Crippen molar-refractivity contribution in [2.75, 3.05) is 25.1 Å². The van der Waals surface area contributed by atoms with Crippen LogP contribution >= 0.6 is 0 Å². The van der Waals surface area contributed by atoms with E-state index < -0.39 is 22.8 Å². The van der Waals surface area contributed by atoms with Crippen LogP contribution < -0.4 is 26.0 Å². The standard InChI is InChI=1S/C26H40N4O6/c1-6-8-9-10-11-18-30-23(31)22(28-29(5)25(30)33)27-17-12-19-35-20-13-15-21(16-14-20)36-26(3,4)24(32)34-7-2/h13-16H,6-12,17-19H2,1-5H3,(H,27,28). The SMILES string of the molecule is CCCCCCCn1c(=O)c(NCCCOc2ccc(OC(C)(C)C(=O)OCC)cc2)nn(C)c1=O. The summed E-state index contributed by atoms with van der Waals surface area (Å²) in [6.45, 7) is 8.78. The molecule has 36 heavy (non-hydrogen) atoms. The molecule has 0 aliphatic rings. The Bertz CT molecular complexity index is 1080. The molecule has 0 atom stereocenters. The fourth-order valence-electron chi connectivity index (χ4n) is 3.52. The molecule has 0 bridgehead atoms. The van der Waals surface area contributed by atoms with Crippen LogP contribution in [0.5, 0.6) is 11.5 Å². The van der Waals surface area contributed by atoms with E-state index in [0.29, 0.717) is 44.2 Å². The molecule has 10 heteroatoms. The smallest absolute Gasteiger partial charge is 0.349 e. The molecule has 0 unspecified atom stereocenters. The molecule has 0 aliphatic heterocycles. The van der Waals surface area contributed by atoms with Gasteiger partial charge in [-0.25, -0.2) is 14.3 Å². The van der Waals surface area contributed by atoms with Crippen molar-refractivity contribution in [1.29, 1.82) is 0 Å². The van der Waals surface area contributed by atoms with Crippen molar-refractivity contribution in [3.8, 4) is 11.5 Å². The van der Waals surface area contributed by atoms with E-state index in [2.05, 4.69) is 17.3 Å². The Morgan fingerprint density at radius 3 is 2.33 bits per heavy atom. The Kier molecular flexibility index (Phi) is 11.5. The maximum Gasteiger partial charge on any atom is 0.349 e. The minimum absolute atomic E-state index is 0.163. The number of esters is 1. The first kappa shape index (κ1) is 28.9. The van der Waals surface area contributed by atoms with Crippen molar-refractivity contribution < 1.29 is 19.0 Å². The van der Waals surface area contributed by atoms with Gasteiger partial charge in [0, 0.05) is 20.1 Å². The van der Waals surface area contributed by atoms with Crippen molar-refractivity contribution in [2.45, 2.75) is 78.4 Å². The van der Waals surface area contributed by atoms with Crippen molar-refractivity contribution in [1.82, 2.24) is 14.3 Å². The van der Waals surface area contributed by atoms with Gasteiger partial charge >= 0.3 is 11.7 Å². The van der Waals surface area contributed by atoms with E-state index >= 15 is 0 Å². The number of unbranched alkanes of at least 4 members (excludes halogenated alkanes) is 4. The normalized spacial score (nSPS) is 11.2. The second-order valence-corrected chi connectivity index (χ2v) is 9.06. The minimum atomic E-state index is -1.09. The van der Waals surface area contributed by atoms with Gasteiger partial charge in [0.2, 0.25) is 5.82 Å². The molecule has 200 valence electrons. The molecule has 10 nitrogen and oxygen atoms in total. The number of ether oxygens (including phenoxy) is 3. The first-order valence-corrected chi connectivity index (χ1v) is 12.7. The van der Waals surface area contributed by atoms with Crippen LogP contribution in [0.3, 0.4) is 0 Å². The molecule has 0 saturated carbocycles. The van der Waals surface area contributed by atoms with Gasteiger partial charge in [0.15, 0.2) is 5.60 Å². The number of nitrogens with one attached hydrogen (secondary N) is 1. The highest BCUT2D eigenvalue weighted by Gasteiger charge is 2.31. The Morgan fingerprint density at radius 1 is 1.00 bits per heavy atom. The molecule has 2 aromatic rings. The van der Waals surface area contributed by atoms with Crippen molar-refractivity contribution in [3.05, 3.63) is 45.1 Å². The average Bonchev–Trinajstić information content (AvgIpc) is 2.84. The third kappa shape index (κ3) is 8.73. The molecular formula is C26H40N4O6. The van der Waals surface area contributed by atoms with Crippen LogP contribution in [0.1, 0.15) is 66.2 Å². The zero-order chi connectivity index (χ0) is 26.6. The van der Waals surface area contributed by atoms with Crippen molar-refractivity contribution in [3.63, 3.8) is 0 Å². The lowest BCUT2D eigenvalue weighted by Gasteiger charge is -2.24. The largest absolute Gasteiger partial charge is 0.494 e. The molecule has 1 N–H and O–H groups in total. The van der Waals surface area contributed by atoms with Gasteiger partial charge in [-0.1, -0.05) is 32.6 Å². The summed E-state index contributed by atoms with van der Waals surface area (Å²) in [5.41, 5.74) is -1.88. The fourth-order valence-corrected chi connectivity index (χ4v) is 3.52. The van der Waals surface area contributed by atoms with Crippen LogP contribution in [0.2, 0.25) is 0 Å². The van der Waals surface area contributed by atoms with E-state index in [9.17, 15) is 14.4 Å². The number of benzene rings is 1. The number of nitrogens with zero attached hydrogens (tertiary/aromatic N) is 3. The van der Waals surface area contributed by atoms with Crippen LogP contribution in [-0.4, -0.2) is 45.7 Å². The lowest BCUT2D eigenvalue weighted by Crippen LogP contribution is -2.42. The molecule has 1 aromatic heterocycles. The zero-order valence-electron chi connectivity index (χ0n) is 22.2. The van der Waals surface area contributed by atoms with Gasteiger partial charge < -0.3 is 19.5 Å². The molecule has 2 rings (SSSR count). The molecule has 0 amide bonds. The van der Waals surface area contributed by atoms with Gasteiger partial charge in [0.25, 0.3) is 5.56 Å². The molecule has 0 spiro atoms. The van der Waals surface area contributed by atoms with Crippen LogP contribution in [0, 0.1) is 0 Å². The summed E-state index contributed by atoms with van der Waals surface area (Å²) in [7, 11) is 1.55. The number of aryl methyl sites for hydroxylation is 1. The summed E-state index contributed by atoms with van der Waals surface area (Å²) in [6, 6.07) is 6.98. The molecule has 0 fully saturated rings. The van der Waals surface area contributed by atoms with E-state index in [-0.39, 0.29) is 5.82 Å². The second kappa shape index (κ2) is 14.3. The predicted octanol–water partition coefficient (Wildman–Crippen LogP) is 3.51. The maximum absolute atomic E-state index is 12.7. The number of hydrogen-bond acceptors (Lipinski definition) is 8. The average molecular weight is 505 g/mol.